The lowest BCUT2D eigenvalue weighted by atomic mass is 9.95. The van der Waals surface area contributed by atoms with Gasteiger partial charge in [0.15, 0.2) is 0 Å². The van der Waals surface area contributed by atoms with Crippen LogP contribution in [0.4, 0.5) is 5.82 Å². The minimum absolute atomic E-state index is 0.123. The SMILES string of the molecule is CC(=O)N1CCc2nc(C3CCN(Cc4cccnc4N(C)C)CC3)ncc2C1. The number of carbonyl (C=O) groups excluding carboxylic acids is 1. The summed E-state index contributed by atoms with van der Waals surface area (Å²) in [6.45, 7) is 6.05. The Balaban J connectivity index is 1.37. The molecule has 0 aromatic carbocycles. The molecule has 4 rings (SSSR count). The number of anilines is 1. The number of carbonyl (C=O) groups is 1. The molecule has 1 amide bonds. The molecule has 7 nitrogen and oxygen atoms in total. The number of likely N-dealkylation sites (tertiary alicyclic amines) is 1. The Labute approximate surface area is 172 Å². The zero-order valence-electron chi connectivity index (χ0n) is 17.6. The smallest absolute Gasteiger partial charge is 0.219 e. The Kier molecular flexibility index (Phi) is 5.76. The summed E-state index contributed by atoms with van der Waals surface area (Å²) in [5, 5.41) is 0. The van der Waals surface area contributed by atoms with Crippen molar-refractivity contribution in [2.45, 2.75) is 45.2 Å². The van der Waals surface area contributed by atoms with Gasteiger partial charge in [-0.05, 0) is 32.0 Å². The number of pyridine rings is 1. The van der Waals surface area contributed by atoms with Gasteiger partial charge in [0.05, 0.1) is 5.69 Å². The van der Waals surface area contributed by atoms with Crippen molar-refractivity contribution in [2.24, 2.45) is 0 Å². The molecule has 2 aliphatic heterocycles. The van der Waals surface area contributed by atoms with Crippen LogP contribution in [-0.2, 0) is 24.3 Å². The van der Waals surface area contributed by atoms with Gasteiger partial charge in [0.2, 0.25) is 5.91 Å². The molecule has 2 aliphatic rings. The first kappa shape index (κ1) is 19.8. The summed E-state index contributed by atoms with van der Waals surface area (Å²) in [4.78, 5) is 32.1. The van der Waals surface area contributed by atoms with Crippen LogP contribution in [0.25, 0.3) is 0 Å². The molecule has 0 saturated carbocycles. The minimum atomic E-state index is 0.123. The predicted molar refractivity (Wildman–Crippen MR) is 113 cm³/mol. The van der Waals surface area contributed by atoms with Crippen LogP contribution in [0.3, 0.4) is 0 Å². The second-order valence-electron chi connectivity index (χ2n) is 8.32. The highest BCUT2D eigenvalue weighted by Crippen LogP contribution is 2.28. The van der Waals surface area contributed by atoms with Crippen LogP contribution in [0.1, 0.15) is 48.3 Å². The Bertz CT molecular complexity index is 875. The number of nitrogens with zero attached hydrogens (tertiary/aromatic N) is 6. The summed E-state index contributed by atoms with van der Waals surface area (Å²) in [7, 11) is 4.09. The molecule has 0 unspecified atom stereocenters. The van der Waals surface area contributed by atoms with E-state index in [-0.39, 0.29) is 5.91 Å². The molecular weight excluding hydrogens is 364 g/mol. The molecule has 0 spiro atoms. The Morgan fingerprint density at radius 2 is 2.00 bits per heavy atom. The average Bonchev–Trinajstić information content (AvgIpc) is 2.73. The van der Waals surface area contributed by atoms with Gasteiger partial charge in [-0.2, -0.15) is 0 Å². The third-order valence-electron chi connectivity index (χ3n) is 6.04. The zero-order valence-corrected chi connectivity index (χ0v) is 17.6. The van der Waals surface area contributed by atoms with Crippen LogP contribution < -0.4 is 4.90 Å². The van der Waals surface area contributed by atoms with Crippen LogP contribution in [0.2, 0.25) is 0 Å². The summed E-state index contributed by atoms with van der Waals surface area (Å²) in [5.74, 6) is 2.57. The summed E-state index contributed by atoms with van der Waals surface area (Å²) in [6.07, 6.45) is 6.79. The summed E-state index contributed by atoms with van der Waals surface area (Å²) in [6, 6.07) is 4.19. The first-order valence-electron chi connectivity index (χ1n) is 10.4. The monoisotopic (exact) mass is 394 g/mol. The Morgan fingerprint density at radius 3 is 2.72 bits per heavy atom. The van der Waals surface area contributed by atoms with Crippen LogP contribution in [0, 0.1) is 0 Å². The lowest BCUT2D eigenvalue weighted by Crippen LogP contribution is -2.36. The number of aromatic nitrogens is 3. The highest BCUT2D eigenvalue weighted by Gasteiger charge is 2.26. The van der Waals surface area contributed by atoms with E-state index in [1.54, 1.807) is 6.92 Å². The molecule has 0 N–H and O–H groups in total. The van der Waals surface area contributed by atoms with Crippen LogP contribution in [0.15, 0.2) is 24.5 Å². The van der Waals surface area contributed by atoms with Crippen LogP contribution >= 0.6 is 0 Å². The highest BCUT2D eigenvalue weighted by molar-refractivity contribution is 5.73. The third kappa shape index (κ3) is 4.40. The second-order valence-corrected chi connectivity index (χ2v) is 8.32. The van der Waals surface area contributed by atoms with Gasteiger partial charge in [0, 0.05) is 76.5 Å². The van der Waals surface area contributed by atoms with E-state index in [1.807, 2.05) is 37.5 Å². The number of fused-ring (bicyclic) bond motifs is 1. The molecule has 2 aromatic rings. The number of rotatable bonds is 4. The fraction of sp³-hybridized carbons (Fsp3) is 0.545. The van der Waals surface area contributed by atoms with E-state index in [0.717, 1.165) is 68.3 Å². The van der Waals surface area contributed by atoms with Crippen molar-refractivity contribution in [3.05, 3.63) is 47.2 Å². The molecule has 1 saturated heterocycles. The van der Waals surface area contributed by atoms with Gasteiger partial charge in [-0.25, -0.2) is 15.0 Å². The van der Waals surface area contributed by atoms with Crippen molar-refractivity contribution in [3.8, 4) is 0 Å². The molecule has 0 atom stereocenters. The fourth-order valence-electron chi connectivity index (χ4n) is 4.34. The van der Waals surface area contributed by atoms with Crippen molar-refractivity contribution in [3.63, 3.8) is 0 Å². The number of hydrogen-bond acceptors (Lipinski definition) is 6. The zero-order chi connectivity index (χ0) is 20.4. The van der Waals surface area contributed by atoms with E-state index in [1.165, 1.54) is 5.56 Å². The maximum absolute atomic E-state index is 11.6. The van der Waals surface area contributed by atoms with Gasteiger partial charge < -0.3 is 9.80 Å². The van der Waals surface area contributed by atoms with Gasteiger partial charge in [-0.15, -0.1) is 0 Å². The van der Waals surface area contributed by atoms with Crippen molar-refractivity contribution < 1.29 is 4.79 Å². The van der Waals surface area contributed by atoms with Gasteiger partial charge >= 0.3 is 0 Å². The van der Waals surface area contributed by atoms with Gasteiger partial charge in [-0.3, -0.25) is 9.69 Å². The first-order valence-corrected chi connectivity index (χ1v) is 10.4. The van der Waals surface area contributed by atoms with Crippen molar-refractivity contribution in [1.82, 2.24) is 24.8 Å². The van der Waals surface area contributed by atoms with Crippen molar-refractivity contribution in [2.75, 3.05) is 38.6 Å². The van der Waals surface area contributed by atoms with E-state index < -0.39 is 0 Å². The van der Waals surface area contributed by atoms with E-state index in [4.69, 9.17) is 4.98 Å². The standard InChI is InChI=1S/C22H30N6O/c1-16(29)28-12-8-20-19(15-28)13-24-21(25-20)17-6-10-27(11-7-17)14-18-5-4-9-23-22(18)26(2)3/h4-5,9,13,17H,6-8,10-12,14-15H2,1-3H3. The summed E-state index contributed by atoms with van der Waals surface area (Å²) in [5.41, 5.74) is 3.50. The maximum atomic E-state index is 11.6. The van der Waals surface area contributed by atoms with Crippen molar-refractivity contribution in [1.29, 1.82) is 0 Å². The second kappa shape index (κ2) is 8.45. The first-order chi connectivity index (χ1) is 14.0. The summed E-state index contributed by atoms with van der Waals surface area (Å²) >= 11 is 0. The molecule has 0 radical (unpaired) electrons. The van der Waals surface area contributed by atoms with Gasteiger partial charge in [0.1, 0.15) is 11.6 Å². The fourth-order valence-corrected chi connectivity index (χ4v) is 4.34. The Hall–Kier alpha value is -2.54. The third-order valence-corrected chi connectivity index (χ3v) is 6.04. The molecule has 154 valence electrons. The molecular formula is C22H30N6O. The molecule has 1 fully saturated rings. The maximum Gasteiger partial charge on any atom is 0.219 e. The molecule has 0 bridgehead atoms. The van der Waals surface area contributed by atoms with Gasteiger partial charge in [0.25, 0.3) is 0 Å². The number of amides is 1. The van der Waals surface area contributed by atoms with Crippen LogP contribution in [-0.4, -0.2) is 64.4 Å². The van der Waals surface area contributed by atoms with Crippen molar-refractivity contribution >= 4 is 11.7 Å². The number of hydrogen-bond donors (Lipinski definition) is 0. The molecule has 7 heteroatoms. The largest absolute Gasteiger partial charge is 0.362 e. The van der Waals surface area contributed by atoms with Gasteiger partial charge in [-0.1, -0.05) is 6.07 Å². The quantitative estimate of drug-likeness (QED) is 0.792. The molecule has 2 aromatic heterocycles. The predicted octanol–water partition coefficient (Wildman–Crippen LogP) is 2.22. The van der Waals surface area contributed by atoms with E-state index >= 15 is 0 Å². The number of piperidine rings is 1. The molecule has 0 aliphatic carbocycles. The highest BCUT2D eigenvalue weighted by atomic mass is 16.2. The molecule has 29 heavy (non-hydrogen) atoms. The average molecular weight is 395 g/mol. The van der Waals surface area contributed by atoms with E-state index in [2.05, 4.69) is 25.8 Å². The lowest BCUT2D eigenvalue weighted by Gasteiger charge is -2.32. The Morgan fingerprint density at radius 1 is 1.21 bits per heavy atom. The summed E-state index contributed by atoms with van der Waals surface area (Å²) < 4.78 is 0. The van der Waals surface area contributed by atoms with E-state index in [9.17, 15) is 4.79 Å². The molecule has 4 heterocycles. The lowest BCUT2D eigenvalue weighted by molar-refractivity contribution is -0.129. The minimum Gasteiger partial charge on any atom is -0.362 e. The normalized spacial score (nSPS) is 17.8. The van der Waals surface area contributed by atoms with Crippen LogP contribution in [0.5, 0.6) is 0 Å². The van der Waals surface area contributed by atoms with E-state index in [0.29, 0.717) is 12.5 Å². The topological polar surface area (TPSA) is 65.5 Å².